The molecule has 1 aliphatic heterocycles. The van der Waals surface area contributed by atoms with E-state index in [9.17, 15) is 0 Å². The average Bonchev–Trinajstić information content (AvgIpc) is 2.86. The number of rotatable bonds is 8. The van der Waals surface area contributed by atoms with Crippen LogP contribution in [-0.4, -0.2) is 53.2 Å². The molecule has 2 rings (SSSR count). The fourth-order valence-electron chi connectivity index (χ4n) is 3.57. The fourth-order valence-corrected chi connectivity index (χ4v) is 3.57. The zero-order valence-corrected chi connectivity index (χ0v) is 25.8. The molecule has 35 heavy (non-hydrogen) atoms. The highest BCUT2D eigenvalue weighted by Gasteiger charge is 2.26. The molecule has 0 aromatic rings. The molecule has 0 amide bonds. The predicted octanol–water partition coefficient (Wildman–Crippen LogP) is 8.24. The molecule has 0 saturated carbocycles. The minimum atomic E-state index is 0.329. The number of likely N-dealkylation sites (N-methyl/N-ethyl adjacent to an activating group) is 1. The van der Waals surface area contributed by atoms with Crippen LogP contribution in [0.4, 0.5) is 0 Å². The van der Waals surface area contributed by atoms with Crippen molar-refractivity contribution in [3.05, 3.63) is 36.5 Å². The summed E-state index contributed by atoms with van der Waals surface area (Å²) in [6.45, 7) is 29.6. The van der Waals surface area contributed by atoms with Gasteiger partial charge < -0.3 is 19.5 Å². The van der Waals surface area contributed by atoms with Crippen molar-refractivity contribution in [2.45, 2.75) is 107 Å². The molecule has 2 aliphatic rings. The Balaban J connectivity index is -0.000000416. The smallest absolute Gasteiger partial charge is 0.0699 e. The largest absolute Gasteiger partial charge is 0.385 e. The predicted molar refractivity (Wildman–Crippen MR) is 157 cm³/mol. The Morgan fingerprint density at radius 2 is 1.80 bits per heavy atom. The van der Waals surface area contributed by atoms with Gasteiger partial charge in [-0.3, -0.25) is 0 Å². The summed E-state index contributed by atoms with van der Waals surface area (Å²) >= 11 is 0. The Morgan fingerprint density at radius 3 is 2.20 bits per heavy atom. The van der Waals surface area contributed by atoms with E-state index in [4.69, 9.17) is 14.2 Å². The van der Waals surface area contributed by atoms with Crippen molar-refractivity contribution in [3.8, 4) is 0 Å². The first-order valence-corrected chi connectivity index (χ1v) is 13.9. The SMILES string of the molecule is C=CCC1=CC(C)C(C)C(=C)C1.CC.CC.CNCC1CCC(C)(C)CO1.COCCC(C)OC. The van der Waals surface area contributed by atoms with E-state index in [1.165, 1.54) is 24.0 Å². The highest BCUT2D eigenvalue weighted by molar-refractivity contribution is 5.24. The fraction of sp³-hybridized carbons (Fsp3) is 0.806. The third kappa shape index (κ3) is 20.9. The molecule has 0 radical (unpaired) electrons. The number of methoxy groups -OCH3 is 2. The van der Waals surface area contributed by atoms with Crippen LogP contribution in [0.25, 0.3) is 0 Å². The molecular weight excluding hydrogens is 434 g/mol. The summed E-state index contributed by atoms with van der Waals surface area (Å²) < 4.78 is 15.5. The van der Waals surface area contributed by atoms with Crippen molar-refractivity contribution in [2.75, 3.05) is 41.0 Å². The maximum atomic E-state index is 5.67. The first-order valence-electron chi connectivity index (χ1n) is 13.9. The third-order valence-corrected chi connectivity index (χ3v) is 6.21. The Hall–Kier alpha value is -0.940. The topological polar surface area (TPSA) is 39.7 Å². The maximum absolute atomic E-state index is 5.67. The van der Waals surface area contributed by atoms with Gasteiger partial charge in [0.05, 0.1) is 18.8 Å². The van der Waals surface area contributed by atoms with Crippen LogP contribution in [-0.2, 0) is 14.2 Å². The highest BCUT2D eigenvalue weighted by Crippen LogP contribution is 2.33. The molecule has 210 valence electrons. The molecule has 0 bridgehead atoms. The Bertz CT molecular complexity index is 517. The summed E-state index contributed by atoms with van der Waals surface area (Å²) in [5.41, 5.74) is 3.27. The molecule has 4 nitrogen and oxygen atoms in total. The molecule has 1 fully saturated rings. The molecule has 0 spiro atoms. The van der Waals surface area contributed by atoms with Crippen molar-refractivity contribution in [1.29, 1.82) is 0 Å². The molecule has 1 heterocycles. The number of hydrogen-bond donors (Lipinski definition) is 1. The van der Waals surface area contributed by atoms with E-state index in [0.717, 1.165) is 39.0 Å². The number of nitrogens with one attached hydrogen (secondary N) is 1. The third-order valence-electron chi connectivity index (χ3n) is 6.21. The molecule has 4 unspecified atom stereocenters. The van der Waals surface area contributed by atoms with Crippen LogP contribution >= 0.6 is 0 Å². The normalized spacial score (nSPS) is 23.3. The van der Waals surface area contributed by atoms with Gasteiger partial charge in [0.25, 0.3) is 0 Å². The van der Waals surface area contributed by atoms with Crippen molar-refractivity contribution in [3.63, 3.8) is 0 Å². The second kappa shape index (κ2) is 24.7. The van der Waals surface area contributed by atoms with Gasteiger partial charge in [0, 0.05) is 27.4 Å². The van der Waals surface area contributed by atoms with Crippen LogP contribution < -0.4 is 5.32 Å². The van der Waals surface area contributed by atoms with Crippen molar-refractivity contribution in [2.24, 2.45) is 17.3 Å². The van der Waals surface area contributed by atoms with Gasteiger partial charge in [-0.25, -0.2) is 0 Å². The number of hydrogen-bond acceptors (Lipinski definition) is 4. The first-order chi connectivity index (χ1) is 16.6. The van der Waals surface area contributed by atoms with Gasteiger partial charge in [-0.15, -0.1) is 6.58 Å². The lowest BCUT2D eigenvalue weighted by atomic mass is 9.79. The lowest BCUT2D eigenvalue weighted by molar-refractivity contribution is -0.0459. The van der Waals surface area contributed by atoms with Crippen molar-refractivity contribution >= 4 is 0 Å². The molecule has 0 aromatic heterocycles. The summed E-state index contributed by atoms with van der Waals surface area (Å²) in [6, 6.07) is 0. The van der Waals surface area contributed by atoms with E-state index in [1.807, 2.05) is 47.7 Å². The minimum Gasteiger partial charge on any atom is -0.385 e. The van der Waals surface area contributed by atoms with Crippen molar-refractivity contribution < 1.29 is 14.2 Å². The van der Waals surface area contributed by atoms with Gasteiger partial charge in [-0.2, -0.15) is 0 Å². The Labute approximate surface area is 221 Å². The number of allylic oxidation sites excluding steroid dienone is 4. The lowest BCUT2D eigenvalue weighted by Gasteiger charge is -2.34. The molecule has 1 aliphatic carbocycles. The molecule has 0 aromatic carbocycles. The Morgan fingerprint density at radius 1 is 1.20 bits per heavy atom. The Kier molecular flexibility index (Phi) is 27.3. The van der Waals surface area contributed by atoms with Crippen LogP contribution in [0, 0.1) is 17.3 Å². The van der Waals surface area contributed by atoms with Gasteiger partial charge in [0.15, 0.2) is 0 Å². The highest BCUT2D eigenvalue weighted by atomic mass is 16.5. The molecule has 1 N–H and O–H groups in total. The van der Waals surface area contributed by atoms with Crippen molar-refractivity contribution in [1.82, 2.24) is 5.32 Å². The standard InChI is InChI=1S/C12H18.C9H19NO.C6H14O2.2C2H6/c1-5-6-12-7-9(2)11(4)10(3)8-12;1-9(2)5-4-8(6-10-3)11-7-9;1-6(8-3)4-5-7-2;2*1-2/h5,8,10-11H,1-2,6-7H2,3-4H3;8,10H,4-7H2,1-3H3;6H,4-5H2,1-3H3;2*1-2H3. The zero-order chi connectivity index (χ0) is 27.9. The zero-order valence-electron chi connectivity index (χ0n) is 25.8. The van der Waals surface area contributed by atoms with Gasteiger partial charge in [0.2, 0.25) is 0 Å². The average molecular weight is 498 g/mol. The maximum Gasteiger partial charge on any atom is 0.0699 e. The first kappa shape index (κ1) is 38.6. The van der Waals surface area contributed by atoms with Gasteiger partial charge in [-0.05, 0) is 63.3 Å². The summed E-state index contributed by atoms with van der Waals surface area (Å²) in [7, 11) is 5.38. The van der Waals surface area contributed by atoms with Crippen LogP contribution in [0.5, 0.6) is 0 Å². The van der Waals surface area contributed by atoms with Crippen LogP contribution in [0.1, 0.15) is 94.4 Å². The lowest BCUT2D eigenvalue weighted by Crippen LogP contribution is -2.36. The van der Waals surface area contributed by atoms with Gasteiger partial charge in [0.1, 0.15) is 0 Å². The summed E-state index contributed by atoms with van der Waals surface area (Å²) in [5.74, 6) is 1.31. The van der Waals surface area contributed by atoms with E-state index in [-0.39, 0.29) is 0 Å². The van der Waals surface area contributed by atoms with E-state index in [1.54, 1.807) is 14.2 Å². The van der Waals surface area contributed by atoms with Crippen LogP contribution in [0.2, 0.25) is 0 Å². The second-order valence-electron chi connectivity index (χ2n) is 9.82. The summed E-state index contributed by atoms with van der Waals surface area (Å²) in [4.78, 5) is 0. The minimum absolute atomic E-state index is 0.329. The van der Waals surface area contributed by atoms with Crippen LogP contribution in [0.15, 0.2) is 36.5 Å². The quantitative estimate of drug-likeness (QED) is 0.343. The van der Waals surface area contributed by atoms with Gasteiger partial charge in [-0.1, -0.05) is 85.3 Å². The van der Waals surface area contributed by atoms with E-state index in [2.05, 4.69) is 52.2 Å². The van der Waals surface area contributed by atoms with E-state index in [0.29, 0.717) is 29.5 Å². The molecule has 1 saturated heterocycles. The summed E-state index contributed by atoms with van der Waals surface area (Å²) in [5, 5.41) is 3.14. The molecule has 4 heteroatoms. The molecule has 4 atom stereocenters. The monoisotopic (exact) mass is 497 g/mol. The number of ether oxygens (including phenoxy) is 3. The van der Waals surface area contributed by atoms with Crippen LogP contribution in [0.3, 0.4) is 0 Å². The second-order valence-corrected chi connectivity index (χ2v) is 9.82. The van der Waals surface area contributed by atoms with E-state index >= 15 is 0 Å². The summed E-state index contributed by atoms with van der Waals surface area (Å²) in [6.07, 6.45) is 10.7. The van der Waals surface area contributed by atoms with E-state index < -0.39 is 0 Å². The molecular formula is C31H63NO3. The van der Waals surface area contributed by atoms with Gasteiger partial charge >= 0.3 is 0 Å².